The molecule has 15 heavy (non-hydrogen) atoms. The maximum absolute atomic E-state index is 11.7. The van der Waals surface area contributed by atoms with Crippen LogP contribution in [0, 0.1) is 17.8 Å². The van der Waals surface area contributed by atoms with Gasteiger partial charge in [-0.2, -0.15) is 0 Å². The van der Waals surface area contributed by atoms with Gasteiger partial charge in [-0.05, 0) is 12.3 Å². The van der Waals surface area contributed by atoms with Gasteiger partial charge in [-0.25, -0.2) is 0 Å². The van der Waals surface area contributed by atoms with Crippen LogP contribution >= 0.6 is 0 Å². The van der Waals surface area contributed by atoms with Gasteiger partial charge in [0, 0.05) is 13.6 Å². The van der Waals surface area contributed by atoms with Crippen molar-refractivity contribution in [2.75, 3.05) is 13.6 Å². The average molecular weight is 213 g/mol. The molecule has 0 spiro atoms. The summed E-state index contributed by atoms with van der Waals surface area (Å²) >= 11 is 0. The molecule has 1 amide bonds. The molecule has 1 aliphatic rings. The molecule has 1 rings (SSSR count). The topological polar surface area (TPSA) is 57.6 Å². The summed E-state index contributed by atoms with van der Waals surface area (Å²) in [6.45, 7) is 4.89. The van der Waals surface area contributed by atoms with E-state index in [1.165, 1.54) is 0 Å². The lowest BCUT2D eigenvalue weighted by molar-refractivity contribution is -0.141. The number of nitrogens with zero attached hydrogens (tertiary/aromatic N) is 1. The Labute approximate surface area is 90.3 Å². The van der Waals surface area contributed by atoms with Crippen molar-refractivity contribution in [1.29, 1.82) is 0 Å². The Kier molecular flexibility index (Phi) is 3.72. The minimum absolute atomic E-state index is 0.0114. The molecule has 0 bridgehead atoms. The fourth-order valence-corrected chi connectivity index (χ4v) is 1.71. The van der Waals surface area contributed by atoms with Gasteiger partial charge in [0.2, 0.25) is 5.91 Å². The van der Waals surface area contributed by atoms with Crippen molar-refractivity contribution < 1.29 is 14.7 Å². The zero-order valence-electron chi connectivity index (χ0n) is 9.56. The van der Waals surface area contributed by atoms with Crippen molar-refractivity contribution in [1.82, 2.24) is 4.90 Å². The molecule has 1 unspecified atom stereocenters. The van der Waals surface area contributed by atoms with Crippen LogP contribution in [0.3, 0.4) is 0 Å². The van der Waals surface area contributed by atoms with E-state index in [-0.39, 0.29) is 11.8 Å². The van der Waals surface area contributed by atoms with Crippen molar-refractivity contribution in [3.8, 4) is 0 Å². The molecule has 3 atom stereocenters. The molecule has 4 heteroatoms. The van der Waals surface area contributed by atoms with Gasteiger partial charge >= 0.3 is 5.97 Å². The lowest BCUT2D eigenvalue weighted by Gasteiger charge is -2.20. The number of aliphatic carboxylic acids is 1. The molecule has 0 aliphatic heterocycles. The molecule has 1 N–H and O–H groups in total. The van der Waals surface area contributed by atoms with Gasteiger partial charge in [0.1, 0.15) is 0 Å². The van der Waals surface area contributed by atoms with E-state index in [1.54, 1.807) is 11.9 Å². The van der Waals surface area contributed by atoms with Gasteiger partial charge in [-0.3, -0.25) is 9.59 Å². The van der Waals surface area contributed by atoms with Crippen molar-refractivity contribution >= 4 is 11.9 Å². The summed E-state index contributed by atoms with van der Waals surface area (Å²) in [5, 5.41) is 8.71. The minimum Gasteiger partial charge on any atom is -0.481 e. The van der Waals surface area contributed by atoms with Crippen molar-refractivity contribution in [3.05, 3.63) is 0 Å². The van der Waals surface area contributed by atoms with Crippen LogP contribution in [0.1, 0.15) is 26.7 Å². The third kappa shape index (κ3) is 2.94. The van der Waals surface area contributed by atoms with Gasteiger partial charge in [-0.15, -0.1) is 0 Å². The van der Waals surface area contributed by atoms with Gasteiger partial charge in [0.15, 0.2) is 0 Å². The lowest BCUT2D eigenvalue weighted by Crippen LogP contribution is -2.32. The van der Waals surface area contributed by atoms with Gasteiger partial charge in [0.05, 0.1) is 11.8 Å². The van der Waals surface area contributed by atoms with Crippen molar-refractivity contribution in [2.45, 2.75) is 26.7 Å². The van der Waals surface area contributed by atoms with Gasteiger partial charge in [-0.1, -0.05) is 20.3 Å². The van der Waals surface area contributed by atoms with Crippen LogP contribution in [0.2, 0.25) is 0 Å². The first-order chi connectivity index (χ1) is 6.97. The highest BCUT2D eigenvalue weighted by molar-refractivity contribution is 5.89. The highest BCUT2D eigenvalue weighted by Crippen LogP contribution is 2.39. The Bertz CT molecular complexity index is 265. The molecule has 0 aromatic rings. The summed E-state index contributed by atoms with van der Waals surface area (Å²) in [4.78, 5) is 24.0. The molecular weight excluding hydrogens is 194 g/mol. The number of carbonyl (C=O) groups is 2. The predicted molar refractivity (Wildman–Crippen MR) is 56.3 cm³/mol. The van der Waals surface area contributed by atoms with Crippen LogP contribution in [0.5, 0.6) is 0 Å². The summed E-state index contributed by atoms with van der Waals surface area (Å²) in [5.41, 5.74) is 0. The fraction of sp³-hybridized carbons (Fsp3) is 0.818. The minimum atomic E-state index is -0.842. The van der Waals surface area contributed by atoms with E-state index < -0.39 is 11.9 Å². The average Bonchev–Trinajstić information content (AvgIpc) is 2.95. The summed E-state index contributed by atoms with van der Waals surface area (Å²) < 4.78 is 0. The number of hydrogen-bond donors (Lipinski definition) is 1. The van der Waals surface area contributed by atoms with E-state index in [0.29, 0.717) is 12.3 Å². The summed E-state index contributed by atoms with van der Waals surface area (Å²) in [6.07, 6.45) is 1.55. The smallest absolute Gasteiger partial charge is 0.307 e. The SMILES string of the molecule is CCC(C)CN(C)C(=O)[C@@H]1C[C@@H]1C(=O)O. The highest BCUT2D eigenvalue weighted by atomic mass is 16.4. The molecule has 0 aromatic heterocycles. The zero-order valence-corrected chi connectivity index (χ0v) is 9.56. The molecule has 0 heterocycles. The van der Waals surface area contributed by atoms with E-state index in [2.05, 4.69) is 13.8 Å². The van der Waals surface area contributed by atoms with Crippen LogP contribution in [0.25, 0.3) is 0 Å². The van der Waals surface area contributed by atoms with E-state index in [9.17, 15) is 9.59 Å². The molecule has 86 valence electrons. The zero-order chi connectivity index (χ0) is 11.6. The maximum atomic E-state index is 11.7. The standard InChI is InChI=1S/C11H19NO3/c1-4-7(2)6-12(3)10(13)8-5-9(8)11(14)15/h7-9H,4-6H2,1-3H3,(H,14,15)/t7?,8-,9+/m1/s1. The normalized spacial score (nSPS) is 25.8. The number of carbonyl (C=O) groups excluding carboxylic acids is 1. The number of amides is 1. The first kappa shape index (κ1) is 12.0. The predicted octanol–water partition coefficient (Wildman–Crippen LogP) is 1.21. The third-order valence-electron chi connectivity index (χ3n) is 3.08. The number of hydrogen-bond acceptors (Lipinski definition) is 2. The van der Waals surface area contributed by atoms with E-state index in [0.717, 1.165) is 13.0 Å². The summed E-state index contributed by atoms with van der Waals surface area (Å²) in [6, 6.07) is 0. The Morgan fingerprint density at radius 1 is 1.47 bits per heavy atom. The molecule has 0 aromatic carbocycles. The van der Waals surface area contributed by atoms with Crippen LogP contribution in [-0.2, 0) is 9.59 Å². The Balaban J connectivity index is 2.38. The summed E-state index contributed by atoms with van der Waals surface area (Å²) in [7, 11) is 1.76. The molecular formula is C11H19NO3. The molecule has 4 nitrogen and oxygen atoms in total. The second-order valence-electron chi connectivity index (χ2n) is 4.52. The Morgan fingerprint density at radius 2 is 2.07 bits per heavy atom. The van der Waals surface area contributed by atoms with Crippen LogP contribution in [0.15, 0.2) is 0 Å². The largest absolute Gasteiger partial charge is 0.481 e. The summed E-state index contributed by atoms with van der Waals surface area (Å²) in [5.74, 6) is -1.08. The molecule has 1 fully saturated rings. The third-order valence-corrected chi connectivity index (χ3v) is 3.08. The molecule has 0 saturated heterocycles. The van der Waals surface area contributed by atoms with Crippen molar-refractivity contribution in [3.63, 3.8) is 0 Å². The van der Waals surface area contributed by atoms with Crippen molar-refractivity contribution in [2.24, 2.45) is 17.8 Å². The van der Waals surface area contributed by atoms with Crippen LogP contribution in [-0.4, -0.2) is 35.5 Å². The molecule has 0 radical (unpaired) electrons. The van der Waals surface area contributed by atoms with Gasteiger partial charge < -0.3 is 10.0 Å². The monoisotopic (exact) mass is 213 g/mol. The lowest BCUT2D eigenvalue weighted by atomic mass is 10.1. The van der Waals surface area contributed by atoms with E-state index in [1.807, 2.05) is 0 Å². The first-order valence-electron chi connectivity index (χ1n) is 5.45. The molecule has 1 saturated carbocycles. The van der Waals surface area contributed by atoms with E-state index in [4.69, 9.17) is 5.11 Å². The number of rotatable bonds is 5. The highest BCUT2D eigenvalue weighted by Gasteiger charge is 2.49. The first-order valence-corrected chi connectivity index (χ1v) is 5.45. The number of carboxylic acids is 1. The fourth-order valence-electron chi connectivity index (χ4n) is 1.71. The Hall–Kier alpha value is -1.06. The maximum Gasteiger partial charge on any atom is 0.307 e. The van der Waals surface area contributed by atoms with Crippen LogP contribution in [0.4, 0.5) is 0 Å². The van der Waals surface area contributed by atoms with Gasteiger partial charge in [0.25, 0.3) is 0 Å². The second-order valence-corrected chi connectivity index (χ2v) is 4.52. The van der Waals surface area contributed by atoms with Crippen LogP contribution < -0.4 is 0 Å². The quantitative estimate of drug-likeness (QED) is 0.746. The van der Waals surface area contributed by atoms with E-state index >= 15 is 0 Å². The molecule has 1 aliphatic carbocycles. The second kappa shape index (κ2) is 4.64. The number of carboxylic acid groups (broad SMARTS) is 1. The Morgan fingerprint density at radius 3 is 2.47 bits per heavy atom.